The summed E-state index contributed by atoms with van der Waals surface area (Å²) in [5, 5.41) is 4.54. The van der Waals surface area contributed by atoms with Crippen LogP contribution >= 0.6 is 11.8 Å². The molecule has 2 heteroatoms. The van der Waals surface area contributed by atoms with Crippen molar-refractivity contribution in [2.45, 2.75) is 63.3 Å². The van der Waals surface area contributed by atoms with Gasteiger partial charge in [0.05, 0.1) is 5.37 Å². The summed E-state index contributed by atoms with van der Waals surface area (Å²) in [4.78, 5) is 0. The molecule has 1 saturated carbocycles. The first-order chi connectivity index (χ1) is 6.67. The smallest absolute Gasteiger partial charge is 0.0565 e. The molecule has 1 saturated heterocycles. The molecule has 14 heavy (non-hydrogen) atoms. The minimum absolute atomic E-state index is 0.377. The lowest BCUT2D eigenvalue weighted by atomic mass is 9.98. The Morgan fingerprint density at radius 3 is 2.21 bits per heavy atom. The van der Waals surface area contributed by atoms with Gasteiger partial charge in [-0.2, -0.15) is 0 Å². The lowest BCUT2D eigenvalue weighted by molar-refractivity contribution is 0.348. The Hall–Kier alpha value is 0.310. The van der Waals surface area contributed by atoms with Crippen molar-refractivity contribution in [1.29, 1.82) is 0 Å². The maximum absolute atomic E-state index is 3.79. The third-order valence-corrected chi connectivity index (χ3v) is 5.23. The van der Waals surface area contributed by atoms with E-state index in [9.17, 15) is 0 Å². The zero-order valence-electron chi connectivity index (χ0n) is 9.51. The van der Waals surface area contributed by atoms with Gasteiger partial charge < -0.3 is 0 Å². The van der Waals surface area contributed by atoms with Crippen LogP contribution in [0.2, 0.25) is 0 Å². The molecule has 0 bridgehead atoms. The van der Waals surface area contributed by atoms with E-state index in [1.54, 1.807) is 0 Å². The van der Waals surface area contributed by atoms with E-state index in [1.165, 1.54) is 44.3 Å². The predicted octanol–water partition coefficient (Wildman–Crippen LogP) is 3.40. The van der Waals surface area contributed by atoms with E-state index in [0.29, 0.717) is 5.54 Å². The van der Waals surface area contributed by atoms with Gasteiger partial charge >= 0.3 is 0 Å². The van der Waals surface area contributed by atoms with E-state index in [1.807, 2.05) is 0 Å². The highest BCUT2D eigenvalue weighted by Gasteiger charge is 2.35. The fourth-order valence-electron chi connectivity index (χ4n) is 2.63. The van der Waals surface area contributed by atoms with Gasteiger partial charge in [0.15, 0.2) is 0 Å². The quantitative estimate of drug-likeness (QED) is 0.670. The SMILES string of the molecule is CC1(C)CSC(C2CCCCCC2)N1. The van der Waals surface area contributed by atoms with E-state index in [-0.39, 0.29) is 0 Å². The molecule has 0 radical (unpaired) electrons. The van der Waals surface area contributed by atoms with Crippen molar-refractivity contribution in [2.75, 3.05) is 5.75 Å². The molecule has 1 N–H and O–H groups in total. The van der Waals surface area contributed by atoms with Crippen LogP contribution in [0.15, 0.2) is 0 Å². The van der Waals surface area contributed by atoms with Gasteiger partial charge in [-0.1, -0.05) is 25.7 Å². The monoisotopic (exact) mass is 213 g/mol. The van der Waals surface area contributed by atoms with Crippen LogP contribution in [-0.4, -0.2) is 16.7 Å². The van der Waals surface area contributed by atoms with Crippen molar-refractivity contribution in [3.63, 3.8) is 0 Å². The number of hydrogen-bond donors (Lipinski definition) is 1. The molecule has 1 unspecified atom stereocenters. The molecule has 1 nitrogen and oxygen atoms in total. The Morgan fingerprint density at radius 1 is 1.07 bits per heavy atom. The molecule has 0 aromatic rings. The van der Waals surface area contributed by atoms with Crippen LogP contribution in [0.4, 0.5) is 0 Å². The highest BCUT2D eigenvalue weighted by Crippen LogP contribution is 2.36. The standard InChI is InChI=1S/C12H23NS/c1-12(2)9-14-11(13-12)10-7-5-3-4-6-8-10/h10-11,13H,3-9H2,1-2H3. The van der Waals surface area contributed by atoms with Crippen LogP contribution in [0.5, 0.6) is 0 Å². The summed E-state index contributed by atoms with van der Waals surface area (Å²) < 4.78 is 0. The third-order valence-electron chi connectivity index (χ3n) is 3.48. The van der Waals surface area contributed by atoms with Crippen LogP contribution in [0.1, 0.15) is 52.4 Å². The van der Waals surface area contributed by atoms with Crippen LogP contribution in [0.25, 0.3) is 0 Å². The molecular weight excluding hydrogens is 190 g/mol. The molecule has 1 aliphatic heterocycles. The fourth-order valence-corrected chi connectivity index (χ4v) is 4.26. The van der Waals surface area contributed by atoms with Crippen molar-refractivity contribution in [2.24, 2.45) is 5.92 Å². The average molecular weight is 213 g/mol. The van der Waals surface area contributed by atoms with Gasteiger partial charge in [0, 0.05) is 11.3 Å². The summed E-state index contributed by atoms with van der Waals surface area (Å²) in [5.74, 6) is 2.23. The van der Waals surface area contributed by atoms with Crippen molar-refractivity contribution in [3.05, 3.63) is 0 Å². The van der Waals surface area contributed by atoms with Gasteiger partial charge in [-0.25, -0.2) is 0 Å². The Labute approximate surface area is 92.4 Å². The zero-order valence-corrected chi connectivity index (χ0v) is 10.3. The predicted molar refractivity (Wildman–Crippen MR) is 64.7 cm³/mol. The lowest BCUT2D eigenvalue weighted by Crippen LogP contribution is -2.41. The Balaban J connectivity index is 1.88. The normalized spacial score (nSPS) is 34.3. The summed E-state index contributed by atoms with van der Waals surface area (Å²) >= 11 is 2.15. The van der Waals surface area contributed by atoms with Gasteiger partial charge in [-0.3, -0.25) is 5.32 Å². The lowest BCUT2D eigenvalue weighted by Gasteiger charge is -2.24. The zero-order chi connectivity index (χ0) is 10.0. The number of rotatable bonds is 1. The van der Waals surface area contributed by atoms with E-state index in [0.717, 1.165) is 11.3 Å². The average Bonchev–Trinajstić information content (AvgIpc) is 2.42. The molecule has 1 heterocycles. The molecule has 0 aromatic heterocycles. The maximum Gasteiger partial charge on any atom is 0.0565 e. The fraction of sp³-hybridized carbons (Fsp3) is 1.00. The van der Waals surface area contributed by atoms with Crippen molar-refractivity contribution < 1.29 is 0 Å². The molecule has 1 atom stereocenters. The second kappa shape index (κ2) is 4.44. The highest BCUT2D eigenvalue weighted by atomic mass is 32.2. The minimum atomic E-state index is 0.377. The molecule has 2 rings (SSSR count). The summed E-state index contributed by atoms with van der Waals surface area (Å²) in [6, 6.07) is 0. The Morgan fingerprint density at radius 2 is 1.71 bits per heavy atom. The van der Waals surface area contributed by atoms with E-state index >= 15 is 0 Å². The van der Waals surface area contributed by atoms with Gasteiger partial charge in [0.1, 0.15) is 0 Å². The van der Waals surface area contributed by atoms with Crippen molar-refractivity contribution >= 4 is 11.8 Å². The molecule has 0 aromatic carbocycles. The summed E-state index contributed by atoms with van der Waals surface area (Å²) in [5.41, 5.74) is 0.377. The van der Waals surface area contributed by atoms with E-state index in [4.69, 9.17) is 0 Å². The number of nitrogens with one attached hydrogen (secondary N) is 1. The second-order valence-corrected chi connectivity index (χ2v) is 6.64. The topological polar surface area (TPSA) is 12.0 Å². The molecule has 82 valence electrons. The summed E-state index contributed by atoms with van der Waals surface area (Å²) in [6.07, 6.45) is 8.78. The minimum Gasteiger partial charge on any atom is -0.299 e. The molecule has 0 spiro atoms. The summed E-state index contributed by atoms with van der Waals surface area (Å²) in [7, 11) is 0. The van der Waals surface area contributed by atoms with Crippen LogP contribution < -0.4 is 5.32 Å². The van der Waals surface area contributed by atoms with Crippen molar-refractivity contribution in [1.82, 2.24) is 5.32 Å². The van der Waals surface area contributed by atoms with Gasteiger partial charge in [0.2, 0.25) is 0 Å². The first-order valence-electron chi connectivity index (χ1n) is 6.07. The van der Waals surface area contributed by atoms with Crippen LogP contribution in [-0.2, 0) is 0 Å². The first-order valence-corrected chi connectivity index (χ1v) is 7.12. The molecule has 2 fully saturated rings. The Kier molecular flexibility index (Phi) is 3.43. The maximum atomic E-state index is 3.79. The molecule has 2 aliphatic rings. The second-order valence-electron chi connectivity index (χ2n) is 5.51. The molecule has 0 amide bonds. The third kappa shape index (κ3) is 2.66. The van der Waals surface area contributed by atoms with Gasteiger partial charge in [-0.15, -0.1) is 11.8 Å². The first kappa shape index (κ1) is 10.8. The van der Waals surface area contributed by atoms with E-state index in [2.05, 4.69) is 30.9 Å². The largest absolute Gasteiger partial charge is 0.299 e. The molecule has 1 aliphatic carbocycles. The van der Waals surface area contributed by atoms with Gasteiger partial charge in [-0.05, 0) is 32.6 Å². The number of thioether (sulfide) groups is 1. The van der Waals surface area contributed by atoms with E-state index < -0.39 is 0 Å². The summed E-state index contributed by atoms with van der Waals surface area (Å²) in [6.45, 7) is 4.66. The van der Waals surface area contributed by atoms with Gasteiger partial charge in [0.25, 0.3) is 0 Å². The molecular formula is C12H23NS. The van der Waals surface area contributed by atoms with Crippen molar-refractivity contribution in [3.8, 4) is 0 Å². The van der Waals surface area contributed by atoms with Crippen LogP contribution in [0.3, 0.4) is 0 Å². The number of hydrogen-bond acceptors (Lipinski definition) is 2. The Bertz CT molecular complexity index is 180. The van der Waals surface area contributed by atoms with Crippen LogP contribution in [0, 0.1) is 5.92 Å². The highest BCUT2D eigenvalue weighted by molar-refractivity contribution is 8.00.